The number of hydrogen-bond donors (Lipinski definition) is 9. The first kappa shape index (κ1) is 54.4. The number of nitrogen functional groups attached to an aromatic ring is 2. The fraction of sp³-hybridized carbons (Fsp3) is 0.215. The summed E-state index contributed by atoms with van der Waals surface area (Å²) in [6.45, 7) is 11.2. The van der Waals surface area contributed by atoms with Crippen LogP contribution in [0.2, 0.25) is 0 Å². The number of aromatic hydroxyl groups is 2. The first-order valence-corrected chi connectivity index (χ1v) is 27.1. The number of hydrogen-bond acceptors (Lipinski definition) is 11. The monoisotopic (exact) mass is 1050 g/mol. The molecule has 8 aromatic rings. The van der Waals surface area contributed by atoms with E-state index in [0.29, 0.717) is 52.5 Å². The average Bonchev–Trinajstić information content (AvgIpc) is 3.46. The topological polar surface area (TPSA) is 216 Å². The molecular formula is C65H69N10O4+. The van der Waals surface area contributed by atoms with Crippen molar-refractivity contribution in [2.75, 3.05) is 48.3 Å². The zero-order valence-electron chi connectivity index (χ0n) is 44.9. The molecule has 0 unspecified atom stereocenters. The van der Waals surface area contributed by atoms with Crippen molar-refractivity contribution in [2.24, 2.45) is 4.99 Å². The summed E-state index contributed by atoms with van der Waals surface area (Å²) in [6.07, 6.45) is 11.8. The molecule has 1 aliphatic rings. The van der Waals surface area contributed by atoms with Gasteiger partial charge in [-0.3, -0.25) is 9.59 Å². The Morgan fingerprint density at radius 1 is 0.582 bits per heavy atom. The highest BCUT2D eigenvalue weighted by Gasteiger charge is 2.23. The highest BCUT2D eigenvalue weighted by Crippen LogP contribution is 2.37. The molecule has 0 fully saturated rings. The van der Waals surface area contributed by atoms with Crippen LogP contribution >= 0.6 is 0 Å². The molecule has 0 atom stereocenters. The molecule has 1 aromatic heterocycles. The molecule has 0 aliphatic heterocycles. The Balaban J connectivity index is 0.645. The first-order valence-electron chi connectivity index (χ1n) is 27.1. The zero-order chi connectivity index (χ0) is 55.3. The van der Waals surface area contributed by atoms with Crippen LogP contribution in [0.25, 0.3) is 38.9 Å². The minimum atomic E-state index is -0.0977. The maximum Gasteiger partial charge on any atom is 0.251 e. The fourth-order valence-corrected chi connectivity index (χ4v) is 9.62. The molecule has 1 aliphatic carbocycles. The minimum Gasteiger partial charge on any atom is -0.506 e. The van der Waals surface area contributed by atoms with Crippen LogP contribution in [0.15, 0.2) is 186 Å². The zero-order valence-corrected chi connectivity index (χ0v) is 44.9. The number of nitrogens with one attached hydrogen (secondary N) is 5. The average molecular weight is 1050 g/mol. The number of rotatable bonds is 23. The number of unbranched alkanes of at least 4 members (excludes halogenated alkanes) is 6. The Bertz CT molecular complexity index is 3600. The van der Waals surface area contributed by atoms with Gasteiger partial charge in [0, 0.05) is 90.8 Å². The Kier molecular flexibility index (Phi) is 17.6. The molecule has 0 saturated carbocycles. The van der Waals surface area contributed by atoms with E-state index in [-0.39, 0.29) is 29.0 Å². The van der Waals surface area contributed by atoms with E-state index in [9.17, 15) is 19.8 Å². The van der Waals surface area contributed by atoms with Gasteiger partial charge in [-0.1, -0.05) is 92.9 Å². The lowest BCUT2D eigenvalue weighted by atomic mass is 9.99. The van der Waals surface area contributed by atoms with Crippen molar-refractivity contribution in [2.45, 2.75) is 65.2 Å². The molecule has 79 heavy (non-hydrogen) atoms. The molecule has 11 N–H and O–H groups in total. The first-order chi connectivity index (χ1) is 38.4. The number of carbonyl (C=O) groups is 2. The van der Waals surface area contributed by atoms with Gasteiger partial charge in [-0.15, -0.1) is 4.57 Å². The Labute approximate surface area is 461 Å². The van der Waals surface area contributed by atoms with Gasteiger partial charge in [0.25, 0.3) is 11.8 Å². The predicted molar refractivity (Wildman–Crippen MR) is 322 cm³/mol. The number of benzene rings is 7. The maximum absolute atomic E-state index is 13.0. The van der Waals surface area contributed by atoms with E-state index in [2.05, 4.69) is 56.8 Å². The van der Waals surface area contributed by atoms with E-state index in [1.54, 1.807) is 24.3 Å². The third-order valence-corrected chi connectivity index (χ3v) is 14.1. The van der Waals surface area contributed by atoms with Crippen LogP contribution in [0.3, 0.4) is 0 Å². The summed E-state index contributed by atoms with van der Waals surface area (Å²) in [5, 5.41) is 37.4. The predicted octanol–water partition coefficient (Wildman–Crippen LogP) is 12.4. The molecule has 0 radical (unpaired) electrons. The van der Waals surface area contributed by atoms with Crippen LogP contribution in [0.1, 0.15) is 84.6 Å². The highest BCUT2D eigenvalue weighted by molar-refractivity contribution is 6.13. The highest BCUT2D eigenvalue weighted by atomic mass is 16.3. The van der Waals surface area contributed by atoms with E-state index in [0.717, 1.165) is 132 Å². The van der Waals surface area contributed by atoms with Gasteiger partial charge in [0.1, 0.15) is 22.5 Å². The fourth-order valence-electron chi connectivity index (χ4n) is 9.62. The molecule has 402 valence electrons. The number of nitrogens with zero attached hydrogens (tertiary/aromatic N) is 3. The van der Waals surface area contributed by atoms with E-state index < -0.39 is 0 Å². The molecule has 1 heterocycles. The third-order valence-electron chi connectivity index (χ3n) is 14.1. The van der Waals surface area contributed by atoms with Crippen molar-refractivity contribution >= 4 is 73.7 Å². The summed E-state index contributed by atoms with van der Waals surface area (Å²) in [4.78, 5) is 35.7. The molecule has 0 spiro atoms. The number of anilines is 5. The van der Waals surface area contributed by atoms with Crippen LogP contribution in [-0.4, -0.2) is 58.9 Å². The van der Waals surface area contributed by atoms with E-state index in [1.165, 1.54) is 0 Å². The Morgan fingerprint density at radius 2 is 1.11 bits per heavy atom. The number of allylic oxidation sites excluding steroid dienone is 4. The van der Waals surface area contributed by atoms with E-state index >= 15 is 0 Å². The lowest BCUT2D eigenvalue weighted by molar-refractivity contribution is -0.538. The molecule has 9 rings (SSSR count). The summed E-state index contributed by atoms with van der Waals surface area (Å²) in [5.41, 5.74) is 27.8. The van der Waals surface area contributed by atoms with Gasteiger partial charge in [-0.25, -0.2) is 9.98 Å². The summed E-state index contributed by atoms with van der Waals surface area (Å²) in [5.74, 6) is -0.214. The second-order valence-corrected chi connectivity index (χ2v) is 20.0. The van der Waals surface area contributed by atoms with Crippen molar-refractivity contribution in [1.82, 2.24) is 20.9 Å². The van der Waals surface area contributed by atoms with Crippen molar-refractivity contribution in [3.8, 4) is 28.3 Å². The number of aliphatic imine (C=N–C) groups is 1. The molecule has 14 nitrogen and oxygen atoms in total. The van der Waals surface area contributed by atoms with Gasteiger partial charge in [0.2, 0.25) is 16.7 Å². The third kappa shape index (κ3) is 13.8. The van der Waals surface area contributed by atoms with Crippen LogP contribution in [0.4, 0.5) is 34.1 Å². The second-order valence-electron chi connectivity index (χ2n) is 20.0. The van der Waals surface area contributed by atoms with Gasteiger partial charge in [-0.05, 0) is 128 Å². The second kappa shape index (κ2) is 25.6. The van der Waals surface area contributed by atoms with Crippen LogP contribution < -0.4 is 42.6 Å². The van der Waals surface area contributed by atoms with Gasteiger partial charge in [0.15, 0.2) is 0 Å². The van der Waals surface area contributed by atoms with E-state index in [4.69, 9.17) is 21.4 Å². The number of phenolic OH excluding ortho intramolecular Hbond substituents is 2. The largest absolute Gasteiger partial charge is 0.506 e. The molecular weight excluding hydrogens is 985 g/mol. The number of amides is 2. The minimum absolute atomic E-state index is 0.0126. The maximum atomic E-state index is 13.0. The molecule has 0 saturated heterocycles. The SMILES string of the molecule is C=C1C=C(NCCCCCCNC(=O)c2ccc(-c3ccc(C(=O)NCCCCCCNc4cc5c(cc4C)nc4cc(O)c(N)cc4[n+]5-c4ccccc4)cc3)cc2)C(C)=CC1=Nc1cc(O)c(N)cc1Nc1ccccc1. The number of nitrogens with two attached hydrogens (primary N) is 2. The summed E-state index contributed by atoms with van der Waals surface area (Å²) in [6, 6.07) is 45.8. The molecule has 2 amide bonds. The van der Waals surface area contributed by atoms with Gasteiger partial charge >= 0.3 is 0 Å². The number of fused-ring (bicyclic) bond motifs is 2. The summed E-state index contributed by atoms with van der Waals surface area (Å²) >= 11 is 0. The van der Waals surface area contributed by atoms with Crippen LogP contribution in [0.5, 0.6) is 11.5 Å². The number of phenols is 2. The lowest BCUT2D eigenvalue weighted by Crippen LogP contribution is -2.33. The summed E-state index contributed by atoms with van der Waals surface area (Å²) < 4.78 is 2.13. The van der Waals surface area contributed by atoms with Crippen molar-refractivity contribution in [1.29, 1.82) is 0 Å². The van der Waals surface area contributed by atoms with Crippen LogP contribution in [0, 0.1) is 6.92 Å². The van der Waals surface area contributed by atoms with Gasteiger partial charge in [-0.2, -0.15) is 0 Å². The van der Waals surface area contributed by atoms with Gasteiger partial charge in [0.05, 0.1) is 28.5 Å². The smallest absolute Gasteiger partial charge is 0.251 e. The molecule has 14 heteroatoms. The lowest BCUT2D eigenvalue weighted by Gasteiger charge is -2.18. The molecule has 7 aromatic carbocycles. The van der Waals surface area contributed by atoms with Gasteiger partial charge < -0.3 is 48.3 Å². The van der Waals surface area contributed by atoms with Crippen molar-refractivity contribution in [3.05, 3.63) is 198 Å². The number of para-hydroxylation sites is 2. The van der Waals surface area contributed by atoms with Crippen molar-refractivity contribution < 1.29 is 24.4 Å². The normalized spacial score (nSPS) is 12.8. The Hall–Kier alpha value is -9.43. The Morgan fingerprint density at radius 3 is 1.73 bits per heavy atom. The number of aromatic nitrogens is 2. The van der Waals surface area contributed by atoms with E-state index in [1.807, 2.05) is 128 Å². The quantitative estimate of drug-likeness (QED) is 0.00738. The van der Waals surface area contributed by atoms with Crippen LogP contribution in [-0.2, 0) is 0 Å². The number of carbonyl (C=O) groups excluding carboxylic acids is 2. The van der Waals surface area contributed by atoms with Crippen molar-refractivity contribution in [3.63, 3.8) is 0 Å². The number of aryl methyl sites for hydroxylation is 1. The standard InChI is InChI=1S/C65H68N10O4/c1-42-35-55(73-57-40-62(76)51(66)37-56(57)72-49-18-10-8-11-19-49)44(3)34-53(42)68-30-14-4-6-16-32-70-64(78)47-26-22-45(23-27-47)46-24-28-48(29-25-46)65(79)71-33-17-7-5-15-31-69-54-39-61-58(36-43(54)2)74-59-41-63(77)52(67)38-60(59)75(61)50-20-12-9-13-21-50/h8-13,18-29,34-41,68H,3-7,14-17,30-33H2,1-2H3,(H9,66,67,69,70,71,72,74,76,77,78,79)/p+1. The summed E-state index contributed by atoms with van der Waals surface area (Å²) in [7, 11) is 0. The molecule has 0 bridgehead atoms.